The number of hydrogen-bond donors (Lipinski definition) is 1. The zero-order chi connectivity index (χ0) is 25.2. The lowest BCUT2D eigenvalue weighted by Crippen LogP contribution is -2.52. The Labute approximate surface area is 210 Å². The van der Waals surface area contributed by atoms with Gasteiger partial charge in [0.05, 0.1) is 34.1 Å². The number of benzene rings is 2. The van der Waals surface area contributed by atoms with Crippen molar-refractivity contribution in [3.05, 3.63) is 62.7 Å². The highest BCUT2D eigenvalue weighted by Gasteiger charge is 2.40. The smallest absolute Gasteiger partial charge is 0.216 e. The van der Waals surface area contributed by atoms with Gasteiger partial charge in [-0.05, 0) is 80.1 Å². The van der Waals surface area contributed by atoms with Gasteiger partial charge in [0, 0.05) is 22.7 Å². The Hall–Kier alpha value is -1.15. The fourth-order valence-corrected chi connectivity index (χ4v) is 6.14. The summed E-state index contributed by atoms with van der Waals surface area (Å²) in [5.74, 6) is -2.27. The van der Waals surface area contributed by atoms with Crippen molar-refractivity contribution in [1.29, 1.82) is 0 Å². The molecule has 0 amide bonds. The molecule has 0 heterocycles. The summed E-state index contributed by atoms with van der Waals surface area (Å²) in [4.78, 5) is 0. The predicted molar refractivity (Wildman–Crippen MR) is 136 cm³/mol. The SMILES string of the molecule is COc1ccc(CN(C)S(=O)(=O)C[C@](C)(N[S@](=O)C(C)(C)C)c2cc(I)cc(F)c2F)cc1. The second kappa shape index (κ2) is 10.6. The van der Waals surface area contributed by atoms with E-state index in [0.717, 1.165) is 15.9 Å². The maximum Gasteiger partial charge on any atom is 0.216 e. The molecule has 1 N–H and O–H groups in total. The first-order valence-electron chi connectivity index (χ1n) is 10.0. The summed E-state index contributed by atoms with van der Waals surface area (Å²) in [6, 6.07) is 9.31. The maximum atomic E-state index is 14.9. The van der Waals surface area contributed by atoms with Crippen molar-refractivity contribution in [3.63, 3.8) is 0 Å². The van der Waals surface area contributed by atoms with Gasteiger partial charge in [-0.25, -0.2) is 30.4 Å². The summed E-state index contributed by atoms with van der Waals surface area (Å²) in [5.41, 5.74) is -1.15. The largest absolute Gasteiger partial charge is 0.497 e. The number of ether oxygens (including phenoxy) is 1. The molecule has 2 aromatic rings. The van der Waals surface area contributed by atoms with Gasteiger partial charge in [-0.15, -0.1) is 0 Å². The molecule has 0 bridgehead atoms. The molecule has 0 aliphatic heterocycles. The molecule has 0 aliphatic carbocycles. The second-order valence-electron chi connectivity index (χ2n) is 8.92. The summed E-state index contributed by atoms with van der Waals surface area (Å²) < 4.78 is 77.3. The molecule has 6 nitrogen and oxygen atoms in total. The van der Waals surface area contributed by atoms with Crippen molar-refractivity contribution in [2.24, 2.45) is 0 Å². The number of nitrogens with one attached hydrogen (secondary N) is 1. The Morgan fingerprint density at radius 3 is 2.21 bits per heavy atom. The van der Waals surface area contributed by atoms with E-state index >= 15 is 0 Å². The van der Waals surface area contributed by atoms with E-state index in [1.54, 1.807) is 45.0 Å². The molecule has 2 aromatic carbocycles. The summed E-state index contributed by atoms with van der Waals surface area (Å²) in [5, 5.41) is 0. The zero-order valence-corrected chi connectivity index (χ0v) is 23.2. The molecule has 11 heteroatoms. The van der Waals surface area contributed by atoms with Gasteiger partial charge >= 0.3 is 0 Å². The van der Waals surface area contributed by atoms with E-state index in [1.165, 1.54) is 27.1 Å². The first-order valence-corrected chi connectivity index (χ1v) is 13.8. The van der Waals surface area contributed by atoms with E-state index in [2.05, 4.69) is 4.72 Å². The highest BCUT2D eigenvalue weighted by atomic mass is 127. The third-order valence-corrected chi connectivity index (χ3v) is 9.36. The number of halogens is 3. The third kappa shape index (κ3) is 7.17. The molecule has 0 radical (unpaired) electrons. The normalized spacial score (nSPS) is 15.3. The van der Waals surface area contributed by atoms with Gasteiger partial charge in [-0.3, -0.25) is 0 Å². The summed E-state index contributed by atoms with van der Waals surface area (Å²) in [6.45, 7) is 6.59. The summed E-state index contributed by atoms with van der Waals surface area (Å²) in [6.07, 6.45) is 0. The van der Waals surface area contributed by atoms with Gasteiger partial charge in [-0.2, -0.15) is 0 Å². The molecular formula is C22H29F2IN2O4S2. The number of rotatable bonds is 9. The van der Waals surface area contributed by atoms with Gasteiger partial charge in [0.1, 0.15) is 5.75 Å². The van der Waals surface area contributed by atoms with E-state index in [1.807, 2.05) is 22.6 Å². The van der Waals surface area contributed by atoms with Crippen LogP contribution in [-0.2, 0) is 33.1 Å². The quantitative estimate of drug-likeness (QED) is 0.338. The molecule has 184 valence electrons. The first kappa shape index (κ1) is 28.1. The first-order chi connectivity index (χ1) is 15.1. The lowest BCUT2D eigenvalue weighted by molar-refractivity contribution is 0.408. The average molecular weight is 615 g/mol. The maximum absolute atomic E-state index is 14.9. The molecule has 2 rings (SSSR count). The van der Waals surface area contributed by atoms with Crippen LogP contribution in [0.25, 0.3) is 0 Å². The highest BCUT2D eigenvalue weighted by Crippen LogP contribution is 2.31. The molecule has 0 unspecified atom stereocenters. The van der Waals surface area contributed by atoms with Crippen LogP contribution in [0.2, 0.25) is 0 Å². The van der Waals surface area contributed by atoms with Gasteiger partial charge in [-0.1, -0.05) is 12.1 Å². The third-order valence-electron chi connectivity index (χ3n) is 4.97. The van der Waals surface area contributed by atoms with Gasteiger partial charge < -0.3 is 4.74 Å². The Bertz CT molecular complexity index is 1120. The molecule has 0 saturated heterocycles. The fraction of sp³-hybridized carbons (Fsp3) is 0.455. The van der Waals surface area contributed by atoms with E-state index < -0.39 is 48.7 Å². The van der Waals surface area contributed by atoms with Crippen LogP contribution in [0.15, 0.2) is 36.4 Å². The highest BCUT2D eigenvalue weighted by molar-refractivity contribution is 14.1. The average Bonchev–Trinajstić information content (AvgIpc) is 2.69. The Morgan fingerprint density at radius 2 is 1.70 bits per heavy atom. The Kier molecular flexibility index (Phi) is 9.05. The molecule has 0 aliphatic rings. The van der Waals surface area contributed by atoms with Crippen LogP contribution < -0.4 is 9.46 Å². The topological polar surface area (TPSA) is 75.7 Å². The minimum absolute atomic E-state index is 0.0634. The van der Waals surface area contributed by atoms with E-state index in [4.69, 9.17) is 4.74 Å². The van der Waals surface area contributed by atoms with E-state index in [9.17, 15) is 21.4 Å². The van der Waals surface area contributed by atoms with Crippen molar-refractivity contribution in [3.8, 4) is 5.75 Å². The Morgan fingerprint density at radius 1 is 1.12 bits per heavy atom. The minimum Gasteiger partial charge on any atom is -0.497 e. The number of nitrogens with zero attached hydrogens (tertiary/aromatic N) is 1. The predicted octanol–water partition coefficient (Wildman–Crippen LogP) is 4.31. The number of hydrogen-bond acceptors (Lipinski definition) is 4. The van der Waals surface area contributed by atoms with Crippen LogP contribution in [0.3, 0.4) is 0 Å². The number of methoxy groups -OCH3 is 1. The monoisotopic (exact) mass is 614 g/mol. The second-order valence-corrected chi connectivity index (χ2v) is 14.2. The van der Waals surface area contributed by atoms with Crippen molar-refractivity contribution in [1.82, 2.24) is 9.03 Å². The van der Waals surface area contributed by atoms with Crippen molar-refractivity contribution in [2.75, 3.05) is 19.9 Å². The lowest BCUT2D eigenvalue weighted by Gasteiger charge is -2.35. The molecule has 2 atom stereocenters. The van der Waals surface area contributed by atoms with E-state index in [-0.39, 0.29) is 12.1 Å². The lowest BCUT2D eigenvalue weighted by atomic mass is 9.94. The standard InChI is InChI=1S/C22H29F2IN2O4S2/c1-21(2,3)32(28)26-22(4,18-11-16(25)12-19(23)20(18)24)14-33(29,30)27(5)13-15-7-9-17(31-6)10-8-15/h7-12,26H,13-14H2,1-6H3/t22-,32+/m0/s1. The Balaban J connectivity index is 2.45. The fourth-order valence-electron chi connectivity index (χ4n) is 3.04. The van der Waals surface area contributed by atoms with Crippen LogP contribution >= 0.6 is 22.6 Å². The molecule has 0 saturated carbocycles. The minimum atomic E-state index is -4.00. The molecular weight excluding hydrogens is 585 g/mol. The van der Waals surface area contributed by atoms with Gasteiger partial charge in [0.2, 0.25) is 10.0 Å². The van der Waals surface area contributed by atoms with Crippen molar-refractivity contribution in [2.45, 2.75) is 44.5 Å². The van der Waals surface area contributed by atoms with Crippen LogP contribution in [0.1, 0.15) is 38.8 Å². The van der Waals surface area contributed by atoms with Crippen LogP contribution in [0.4, 0.5) is 8.78 Å². The van der Waals surface area contributed by atoms with E-state index in [0.29, 0.717) is 9.32 Å². The molecule has 0 aromatic heterocycles. The zero-order valence-electron chi connectivity index (χ0n) is 19.4. The van der Waals surface area contributed by atoms with Crippen LogP contribution in [-0.4, -0.2) is 41.6 Å². The van der Waals surface area contributed by atoms with Crippen LogP contribution in [0, 0.1) is 15.2 Å². The molecule has 0 spiro atoms. The molecule has 0 fully saturated rings. The van der Waals surface area contributed by atoms with Gasteiger partial charge in [0.15, 0.2) is 11.6 Å². The summed E-state index contributed by atoms with van der Waals surface area (Å²) >= 11 is 1.83. The van der Waals surface area contributed by atoms with Gasteiger partial charge in [0.25, 0.3) is 0 Å². The van der Waals surface area contributed by atoms with Crippen LogP contribution in [0.5, 0.6) is 5.75 Å². The number of sulfonamides is 1. The van der Waals surface area contributed by atoms with Crippen molar-refractivity contribution < 1.29 is 26.1 Å². The molecule has 33 heavy (non-hydrogen) atoms. The van der Waals surface area contributed by atoms with Crippen molar-refractivity contribution >= 4 is 43.6 Å². The summed E-state index contributed by atoms with van der Waals surface area (Å²) in [7, 11) is -2.81.